The average Bonchev–Trinajstić information content (AvgIpc) is 4.05. The number of rotatable bonds is 7. The number of hydrogen-bond acceptors (Lipinski definition) is 9. The molecular weight excluding hydrogens is 749 g/mol. The van der Waals surface area contributed by atoms with E-state index in [4.69, 9.17) is 14.9 Å². The number of benzene rings is 2. The third-order valence-electron chi connectivity index (χ3n) is 10.8. The van der Waals surface area contributed by atoms with Gasteiger partial charge in [-0.15, -0.1) is 0 Å². The van der Waals surface area contributed by atoms with Gasteiger partial charge in [-0.3, -0.25) is 19.1 Å². The van der Waals surface area contributed by atoms with Crippen LogP contribution >= 0.6 is 0 Å². The summed E-state index contributed by atoms with van der Waals surface area (Å²) in [5.41, 5.74) is 0.337. The van der Waals surface area contributed by atoms with Gasteiger partial charge >= 0.3 is 6.09 Å². The second-order valence-corrected chi connectivity index (χ2v) is 18.2. The van der Waals surface area contributed by atoms with Crippen LogP contribution in [0.1, 0.15) is 65.0 Å². The van der Waals surface area contributed by atoms with Gasteiger partial charge in [0.05, 0.1) is 23.8 Å². The molecule has 0 radical (unpaired) electrons. The Morgan fingerprint density at radius 1 is 1.02 bits per heavy atom. The third kappa shape index (κ3) is 7.90. The molecule has 298 valence electrons. The maximum atomic E-state index is 14.6. The van der Waals surface area contributed by atoms with Crippen LogP contribution in [0.3, 0.4) is 0 Å². The van der Waals surface area contributed by atoms with Crippen molar-refractivity contribution in [1.29, 1.82) is 0 Å². The summed E-state index contributed by atoms with van der Waals surface area (Å²) < 4.78 is 61.2. The molecule has 2 saturated carbocycles. The number of halogens is 2. The van der Waals surface area contributed by atoms with Crippen molar-refractivity contribution in [3.05, 3.63) is 66.2 Å². The number of nitrogens with one attached hydrogen (secondary N) is 3. The minimum absolute atomic E-state index is 0.00228. The zero-order chi connectivity index (χ0) is 40.2. The number of alkyl halides is 2. The highest BCUT2D eigenvalue weighted by molar-refractivity contribution is 7.91. The molecule has 2 aromatic carbocycles. The van der Waals surface area contributed by atoms with Gasteiger partial charge in [0.15, 0.2) is 0 Å². The van der Waals surface area contributed by atoms with Gasteiger partial charge in [0.2, 0.25) is 28.3 Å². The van der Waals surface area contributed by atoms with Crippen molar-refractivity contribution in [2.24, 2.45) is 17.3 Å². The van der Waals surface area contributed by atoms with E-state index in [9.17, 15) is 36.4 Å². The minimum atomic E-state index is -4.13. The van der Waals surface area contributed by atoms with Crippen LogP contribution in [0.15, 0.2) is 60.7 Å². The van der Waals surface area contributed by atoms with Gasteiger partial charge in [0.1, 0.15) is 29.0 Å². The second kappa shape index (κ2) is 14.7. The van der Waals surface area contributed by atoms with Crippen LogP contribution in [-0.4, -0.2) is 94.6 Å². The molecule has 7 rings (SSSR count). The number of carbonyl (C=O) groups excluding carboxylic acids is 4. The molecule has 6 bridgehead atoms. The monoisotopic (exact) mass is 793 g/mol. The van der Waals surface area contributed by atoms with Crippen LogP contribution < -0.4 is 15.4 Å². The fraction of sp³-hybridized carbons (Fsp3) is 0.487. The highest BCUT2D eigenvalue weighted by Gasteiger charge is 2.67. The predicted octanol–water partition coefficient (Wildman–Crippen LogP) is 4.31. The quantitative estimate of drug-likeness (QED) is 0.314. The van der Waals surface area contributed by atoms with Crippen LogP contribution in [0.4, 0.5) is 13.6 Å². The van der Waals surface area contributed by atoms with Crippen LogP contribution in [0.2, 0.25) is 0 Å². The Labute approximate surface area is 323 Å². The number of alkyl carbamates (subject to hydrolysis) is 1. The highest BCUT2D eigenvalue weighted by atomic mass is 32.2. The molecule has 0 spiro atoms. The first-order valence-electron chi connectivity index (χ1n) is 18.7. The smallest absolute Gasteiger partial charge is 0.407 e. The predicted molar refractivity (Wildman–Crippen MR) is 201 cm³/mol. The van der Waals surface area contributed by atoms with E-state index in [0.29, 0.717) is 24.2 Å². The maximum absolute atomic E-state index is 14.6. The number of fused-ring (bicyclic) bond motifs is 8. The number of cyclic esters (lactones) is 1. The zero-order valence-electron chi connectivity index (χ0n) is 31.4. The van der Waals surface area contributed by atoms with E-state index in [0.717, 1.165) is 16.7 Å². The first kappa shape index (κ1) is 39.1. The van der Waals surface area contributed by atoms with Crippen LogP contribution in [0, 0.1) is 17.3 Å². The third-order valence-corrected chi connectivity index (χ3v) is 12.6. The molecule has 3 heterocycles. The van der Waals surface area contributed by atoms with Gasteiger partial charge in [-0.05, 0) is 36.3 Å². The van der Waals surface area contributed by atoms with Gasteiger partial charge in [-0.1, -0.05) is 88.4 Å². The Hall–Kier alpha value is -5.19. The van der Waals surface area contributed by atoms with Crippen molar-refractivity contribution >= 4 is 39.9 Å². The molecule has 56 heavy (non-hydrogen) atoms. The van der Waals surface area contributed by atoms with Gasteiger partial charge in [-0.2, -0.15) is 15.0 Å². The molecule has 2 aliphatic carbocycles. The molecule has 3 aromatic rings. The molecule has 1 unspecified atom stereocenters. The summed E-state index contributed by atoms with van der Waals surface area (Å²) >= 11 is 0. The highest BCUT2D eigenvalue weighted by Crippen LogP contribution is 2.49. The lowest BCUT2D eigenvalue weighted by molar-refractivity contribution is -0.143. The molecule has 3 N–H and O–H groups in total. The zero-order valence-corrected chi connectivity index (χ0v) is 32.3. The Morgan fingerprint density at radius 3 is 2.34 bits per heavy atom. The molecule has 1 aromatic heterocycles. The number of ether oxygens (including phenoxy) is 1. The molecular formula is C39H45F2N7O7S. The number of hydrogen-bond donors (Lipinski definition) is 3. The molecule has 4 amide bonds. The fourth-order valence-corrected chi connectivity index (χ4v) is 8.65. The molecule has 2 aliphatic heterocycles. The summed E-state index contributed by atoms with van der Waals surface area (Å²) in [7, 11) is -4.13. The van der Waals surface area contributed by atoms with E-state index in [-0.39, 0.29) is 25.5 Å². The molecule has 17 heteroatoms. The lowest BCUT2D eigenvalue weighted by atomic mass is 9.85. The van der Waals surface area contributed by atoms with Gasteiger partial charge in [0, 0.05) is 30.0 Å². The Balaban J connectivity index is 1.30. The summed E-state index contributed by atoms with van der Waals surface area (Å²) in [6.07, 6.45) is -0.0254. The van der Waals surface area contributed by atoms with Crippen molar-refractivity contribution in [2.75, 3.05) is 13.2 Å². The molecule has 6 atom stereocenters. The Bertz CT molecular complexity index is 2170. The van der Waals surface area contributed by atoms with Crippen molar-refractivity contribution < 1.29 is 41.1 Å². The van der Waals surface area contributed by atoms with Crippen LogP contribution in [-0.2, 0) is 29.1 Å². The number of amides is 4. The van der Waals surface area contributed by atoms with Crippen LogP contribution in [0.25, 0.3) is 28.6 Å². The average molecular weight is 794 g/mol. The summed E-state index contributed by atoms with van der Waals surface area (Å²) in [4.78, 5) is 58.3. The summed E-state index contributed by atoms with van der Waals surface area (Å²) in [6, 6.07) is 13.7. The van der Waals surface area contributed by atoms with Crippen molar-refractivity contribution in [1.82, 2.24) is 35.2 Å². The normalized spacial score (nSPS) is 27.4. The first-order valence-corrected chi connectivity index (χ1v) is 20.2. The van der Waals surface area contributed by atoms with E-state index < -0.39 is 86.9 Å². The minimum Gasteiger partial charge on any atom is -0.449 e. The van der Waals surface area contributed by atoms with Crippen LogP contribution in [0.5, 0.6) is 0 Å². The van der Waals surface area contributed by atoms with Gasteiger partial charge in [-0.25, -0.2) is 22.0 Å². The molecule has 1 saturated heterocycles. The van der Waals surface area contributed by atoms with E-state index in [2.05, 4.69) is 10.6 Å². The second-order valence-electron chi connectivity index (χ2n) is 16.3. The molecule has 3 fully saturated rings. The molecule has 14 nitrogen and oxygen atoms in total. The van der Waals surface area contributed by atoms with Crippen molar-refractivity contribution in [2.45, 2.75) is 88.7 Å². The van der Waals surface area contributed by atoms with Gasteiger partial charge in [0.25, 0.3) is 5.91 Å². The summed E-state index contributed by atoms with van der Waals surface area (Å²) in [5.74, 6) is -4.71. The molecule has 4 aliphatic rings. The summed E-state index contributed by atoms with van der Waals surface area (Å²) in [6.45, 7) is 6.94. The number of carbonyl (C=O) groups is 4. The van der Waals surface area contributed by atoms with Gasteiger partial charge < -0.3 is 20.3 Å². The number of sulfonamides is 1. The first-order chi connectivity index (χ1) is 26.5. The van der Waals surface area contributed by atoms with Crippen molar-refractivity contribution in [3.63, 3.8) is 0 Å². The van der Waals surface area contributed by atoms with E-state index in [1.54, 1.807) is 20.8 Å². The Kier molecular flexibility index (Phi) is 10.3. The standard InChI is InChI=1S/C39H45F2N7O7S/c1-22-13-14-23-9-8-12-25(17-23)31-30(24-10-6-5-7-11-24)44-48(45-31)26-18-29(47(20-26)35(50)32(38(2,3)4)42-37(52)55-21-22)34(49)43-39(19-28(39)33(40)41)36(51)46-56(53,54)27-15-16-27/h5-14,17,22,26-29,32-33H,15-16,18-21H2,1-4H3,(H,42,52)(H,43,49)(H,46,51)/b14-13+/t22-,26?,28-,29-,32+,39-/m0/s1. The number of aromatic nitrogens is 3. The summed E-state index contributed by atoms with van der Waals surface area (Å²) in [5, 5.41) is 14.1. The fourth-order valence-electron chi connectivity index (χ4n) is 7.28. The maximum Gasteiger partial charge on any atom is 0.407 e. The van der Waals surface area contributed by atoms with E-state index >= 15 is 0 Å². The Morgan fingerprint density at radius 2 is 1.70 bits per heavy atom. The lowest BCUT2D eigenvalue weighted by Gasteiger charge is -2.35. The lowest BCUT2D eigenvalue weighted by Crippen LogP contribution is -2.60. The van der Waals surface area contributed by atoms with E-state index in [1.807, 2.05) is 78.4 Å². The largest absolute Gasteiger partial charge is 0.449 e. The topological polar surface area (TPSA) is 182 Å². The van der Waals surface area contributed by atoms with E-state index in [1.165, 1.54) is 9.70 Å². The van der Waals surface area contributed by atoms with Crippen molar-refractivity contribution in [3.8, 4) is 22.5 Å². The SMILES string of the molecule is C[C@H]1/C=C/c2cccc(c2)-c2nn(nc2-c2ccccc2)C2C[C@@H](C(=O)N[C@@]3(C(=O)NS(=O)(=O)C4CC4)C[C@H]3C(F)F)N(C2)C(=O)[C@H](C(C)(C)C)NC(=O)OC1. The number of nitrogens with zero attached hydrogens (tertiary/aromatic N) is 4.